The van der Waals surface area contributed by atoms with Crippen LogP contribution in [0.1, 0.15) is 16.9 Å². The predicted octanol–water partition coefficient (Wildman–Crippen LogP) is 0.914. The van der Waals surface area contributed by atoms with Crippen molar-refractivity contribution in [2.24, 2.45) is 0 Å². The average Bonchev–Trinajstić information content (AvgIpc) is 2.65. The lowest BCUT2D eigenvalue weighted by Gasteiger charge is -2.17. The van der Waals surface area contributed by atoms with Crippen LogP contribution in [-0.2, 0) is 0 Å². The smallest absolute Gasteiger partial charge is 0.192 e. The van der Waals surface area contributed by atoms with Crippen molar-refractivity contribution in [1.29, 1.82) is 0 Å². The summed E-state index contributed by atoms with van der Waals surface area (Å²) < 4.78 is 0. The number of carbonyl (C=O) groups is 1. The summed E-state index contributed by atoms with van der Waals surface area (Å²) in [5, 5.41) is 3.32. The maximum atomic E-state index is 11.8. The van der Waals surface area contributed by atoms with Crippen LogP contribution in [0.2, 0.25) is 0 Å². The highest BCUT2D eigenvalue weighted by Crippen LogP contribution is 2.01. The molecule has 2 N–H and O–H groups in total. The van der Waals surface area contributed by atoms with Gasteiger partial charge in [-0.3, -0.25) is 9.69 Å². The Hall–Kier alpha value is -0.840. The minimum Gasteiger partial charge on any atom is -0.359 e. The highest BCUT2D eigenvalue weighted by molar-refractivity contribution is 5.95. The first-order chi connectivity index (χ1) is 7.36. The lowest BCUT2D eigenvalue weighted by atomic mass is 10.2. The molecular formula is C11H18ClN3O. The highest BCUT2D eigenvalue weighted by atomic mass is 35.5. The molecule has 0 saturated carbocycles. The molecule has 0 bridgehead atoms. The summed E-state index contributed by atoms with van der Waals surface area (Å²) in [6.07, 6.45) is 2.91. The number of halogens is 1. The van der Waals surface area contributed by atoms with Crippen LogP contribution in [0.5, 0.6) is 0 Å². The van der Waals surface area contributed by atoms with Crippen LogP contribution in [0.25, 0.3) is 0 Å². The van der Waals surface area contributed by atoms with Gasteiger partial charge in [-0.2, -0.15) is 0 Å². The minimum absolute atomic E-state index is 0. The maximum absolute atomic E-state index is 11.8. The van der Waals surface area contributed by atoms with E-state index in [1.165, 1.54) is 0 Å². The molecule has 0 amide bonds. The summed E-state index contributed by atoms with van der Waals surface area (Å²) >= 11 is 0. The van der Waals surface area contributed by atoms with Crippen LogP contribution in [0.15, 0.2) is 18.3 Å². The molecule has 0 unspecified atom stereocenters. The van der Waals surface area contributed by atoms with Crippen molar-refractivity contribution in [1.82, 2.24) is 15.2 Å². The van der Waals surface area contributed by atoms with E-state index in [0.29, 0.717) is 12.2 Å². The second-order valence-electron chi connectivity index (χ2n) is 3.89. The molecule has 5 heteroatoms. The summed E-state index contributed by atoms with van der Waals surface area (Å²) in [5.41, 5.74) is 0.715. The van der Waals surface area contributed by atoms with E-state index in [4.69, 9.17) is 0 Å². The lowest BCUT2D eigenvalue weighted by molar-refractivity contribution is 0.0930. The van der Waals surface area contributed by atoms with Crippen molar-refractivity contribution in [3.8, 4) is 0 Å². The first-order valence-corrected chi connectivity index (χ1v) is 5.46. The van der Waals surface area contributed by atoms with Crippen LogP contribution in [0.4, 0.5) is 0 Å². The number of H-pyrrole nitrogens is 1. The van der Waals surface area contributed by atoms with Crippen molar-refractivity contribution in [3.05, 3.63) is 24.0 Å². The standard InChI is InChI=1S/C11H17N3O.ClH/c15-11(10-3-1-5-13-10)9-14-7-2-4-12-6-8-14;/h1,3,5,12-13H,2,4,6-9H2;1H. The second-order valence-corrected chi connectivity index (χ2v) is 3.89. The molecule has 0 spiro atoms. The van der Waals surface area contributed by atoms with Gasteiger partial charge in [0, 0.05) is 19.3 Å². The van der Waals surface area contributed by atoms with Crippen molar-refractivity contribution in [2.45, 2.75) is 6.42 Å². The van der Waals surface area contributed by atoms with Crippen molar-refractivity contribution in [3.63, 3.8) is 0 Å². The Bertz CT molecular complexity index is 305. The number of nitrogens with zero attached hydrogens (tertiary/aromatic N) is 1. The third-order valence-electron chi connectivity index (χ3n) is 2.70. The lowest BCUT2D eigenvalue weighted by Crippen LogP contribution is -2.33. The third kappa shape index (κ3) is 3.63. The van der Waals surface area contributed by atoms with E-state index in [1.54, 1.807) is 6.20 Å². The SMILES string of the molecule is Cl.O=C(CN1CCCNCC1)c1ccc[nH]1. The van der Waals surface area contributed by atoms with E-state index < -0.39 is 0 Å². The monoisotopic (exact) mass is 243 g/mol. The van der Waals surface area contributed by atoms with Gasteiger partial charge < -0.3 is 10.3 Å². The van der Waals surface area contributed by atoms with Crippen LogP contribution in [0, 0.1) is 0 Å². The number of ketones is 1. The Labute approximate surface area is 102 Å². The Morgan fingerprint density at radius 1 is 1.38 bits per heavy atom. The second kappa shape index (κ2) is 6.68. The number of hydrogen-bond donors (Lipinski definition) is 2. The van der Waals surface area contributed by atoms with Gasteiger partial charge in [-0.25, -0.2) is 0 Å². The van der Waals surface area contributed by atoms with E-state index in [1.807, 2.05) is 12.1 Å². The first kappa shape index (κ1) is 13.2. The van der Waals surface area contributed by atoms with Crippen LogP contribution < -0.4 is 5.32 Å². The maximum Gasteiger partial charge on any atom is 0.192 e. The average molecular weight is 244 g/mol. The quantitative estimate of drug-likeness (QED) is 0.776. The molecule has 4 nitrogen and oxygen atoms in total. The molecule has 0 aliphatic carbocycles. The van der Waals surface area contributed by atoms with E-state index in [0.717, 1.165) is 32.6 Å². The van der Waals surface area contributed by atoms with Gasteiger partial charge in [0.2, 0.25) is 0 Å². The summed E-state index contributed by atoms with van der Waals surface area (Å²) in [5.74, 6) is 0.182. The zero-order valence-electron chi connectivity index (χ0n) is 9.24. The molecule has 1 aliphatic rings. The molecule has 1 fully saturated rings. The Morgan fingerprint density at radius 3 is 3.00 bits per heavy atom. The Kier molecular flexibility index (Phi) is 5.52. The predicted molar refractivity (Wildman–Crippen MR) is 66.3 cm³/mol. The summed E-state index contributed by atoms with van der Waals surface area (Å²) in [7, 11) is 0. The third-order valence-corrected chi connectivity index (χ3v) is 2.70. The molecule has 1 aromatic heterocycles. The molecule has 2 heterocycles. The van der Waals surface area contributed by atoms with Crippen LogP contribution >= 0.6 is 12.4 Å². The highest BCUT2D eigenvalue weighted by Gasteiger charge is 2.14. The number of rotatable bonds is 3. The molecule has 0 aromatic carbocycles. The largest absolute Gasteiger partial charge is 0.359 e. The molecular weight excluding hydrogens is 226 g/mol. The normalized spacial score (nSPS) is 17.5. The number of Topliss-reactive ketones (excluding diaryl/α,β-unsaturated/α-hetero) is 1. The topological polar surface area (TPSA) is 48.1 Å². The van der Waals surface area contributed by atoms with Crippen LogP contribution in [0.3, 0.4) is 0 Å². The van der Waals surface area contributed by atoms with Gasteiger partial charge in [0.25, 0.3) is 0 Å². The van der Waals surface area contributed by atoms with Crippen molar-refractivity contribution < 1.29 is 4.79 Å². The van der Waals surface area contributed by atoms with Gasteiger partial charge in [0.05, 0.1) is 12.2 Å². The van der Waals surface area contributed by atoms with Crippen molar-refractivity contribution in [2.75, 3.05) is 32.7 Å². The van der Waals surface area contributed by atoms with Gasteiger partial charge in [-0.15, -0.1) is 12.4 Å². The summed E-state index contributed by atoms with van der Waals surface area (Å²) in [6.45, 7) is 4.55. The molecule has 0 radical (unpaired) electrons. The fourth-order valence-electron chi connectivity index (χ4n) is 1.85. The van der Waals surface area contributed by atoms with Gasteiger partial charge in [0.15, 0.2) is 5.78 Å². The van der Waals surface area contributed by atoms with Gasteiger partial charge >= 0.3 is 0 Å². The number of hydrogen-bond acceptors (Lipinski definition) is 3. The van der Waals surface area contributed by atoms with Crippen LogP contribution in [-0.4, -0.2) is 48.4 Å². The zero-order chi connectivity index (χ0) is 10.5. The molecule has 2 rings (SSSR count). The first-order valence-electron chi connectivity index (χ1n) is 5.46. The van der Waals surface area contributed by atoms with E-state index in [2.05, 4.69) is 15.2 Å². The van der Waals surface area contributed by atoms with Gasteiger partial charge in [0.1, 0.15) is 0 Å². The number of carbonyl (C=O) groups excluding carboxylic acids is 1. The molecule has 0 atom stereocenters. The molecule has 90 valence electrons. The van der Waals surface area contributed by atoms with E-state index >= 15 is 0 Å². The number of aromatic nitrogens is 1. The van der Waals surface area contributed by atoms with Gasteiger partial charge in [-0.1, -0.05) is 0 Å². The molecule has 16 heavy (non-hydrogen) atoms. The molecule has 1 aromatic rings. The summed E-state index contributed by atoms with van der Waals surface area (Å²) in [6, 6.07) is 3.69. The fraction of sp³-hybridized carbons (Fsp3) is 0.545. The molecule has 1 saturated heterocycles. The van der Waals surface area contributed by atoms with E-state index in [-0.39, 0.29) is 18.2 Å². The summed E-state index contributed by atoms with van der Waals surface area (Å²) in [4.78, 5) is 17.0. The Balaban J connectivity index is 0.00000128. The minimum atomic E-state index is 0. The molecule has 1 aliphatic heterocycles. The van der Waals surface area contributed by atoms with E-state index in [9.17, 15) is 4.79 Å². The van der Waals surface area contributed by atoms with Crippen molar-refractivity contribution >= 4 is 18.2 Å². The Morgan fingerprint density at radius 2 is 2.25 bits per heavy atom. The fourth-order valence-corrected chi connectivity index (χ4v) is 1.85. The number of aromatic amines is 1. The zero-order valence-corrected chi connectivity index (χ0v) is 10.1. The number of nitrogens with one attached hydrogen (secondary N) is 2. The van der Waals surface area contributed by atoms with Gasteiger partial charge in [-0.05, 0) is 31.6 Å².